The number of aromatic nitrogens is 2. The summed E-state index contributed by atoms with van der Waals surface area (Å²) in [7, 11) is 1.92. The number of rotatable bonds is 4. The molecule has 0 bridgehead atoms. The van der Waals surface area contributed by atoms with E-state index in [0.717, 1.165) is 38.0 Å². The largest absolute Gasteiger partial charge is 0.298 e. The van der Waals surface area contributed by atoms with Gasteiger partial charge in [-0.1, -0.05) is 23.7 Å². The van der Waals surface area contributed by atoms with Crippen molar-refractivity contribution in [3.8, 4) is 0 Å². The van der Waals surface area contributed by atoms with Crippen LogP contribution in [0.5, 0.6) is 0 Å². The van der Waals surface area contributed by atoms with Gasteiger partial charge in [0.2, 0.25) is 0 Å². The average Bonchev–Trinajstić information content (AvgIpc) is 2.92. The van der Waals surface area contributed by atoms with Crippen LogP contribution < -0.4 is 0 Å². The highest BCUT2D eigenvalue weighted by atomic mass is 35.5. The van der Waals surface area contributed by atoms with Crippen LogP contribution in [0.15, 0.2) is 36.7 Å². The molecule has 4 nitrogen and oxygen atoms in total. The van der Waals surface area contributed by atoms with E-state index in [9.17, 15) is 4.79 Å². The molecule has 0 aliphatic carbocycles. The highest BCUT2D eigenvalue weighted by molar-refractivity contribution is 6.31. The fourth-order valence-corrected chi connectivity index (χ4v) is 3.29. The zero-order chi connectivity index (χ0) is 15.5. The number of benzene rings is 1. The minimum Gasteiger partial charge on any atom is -0.298 e. The van der Waals surface area contributed by atoms with Gasteiger partial charge in [-0.2, -0.15) is 5.10 Å². The van der Waals surface area contributed by atoms with Gasteiger partial charge < -0.3 is 0 Å². The Morgan fingerprint density at radius 2 is 2.32 bits per heavy atom. The molecule has 5 heteroatoms. The Bertz CT molecular complexity index is 667. The molecule has 1 fully saturated rings. The lowest BCUT2D eigenvalue weighted by molar-refractivity contribution is 0.0811. The number of hydrogen-bond acceptors (Lipinski definition) is 3. The van der Waals surface area contributed by atoms with Gasteiger partial charge in [0, 0.05) is 48.4 Å². The summed E-state index contributed by atoms with van der Waals surface area (Å²) in [6.07, 6.45) is 5.93. The third kappa shape index (κ3) is 3.57. The molecule has 1 atom stereocenters. The Morgan fingerprint density at radius 1 is 1.45 bits per heavy atom. The number of likely N-dealkylation sites (tertiary alicyclic amines) is 1. The van der Waals surface area contributed by atoms with E-state index in [4.69, 9.17) is 11.6 Å². The number of hydrogen-bond donors (Lipinski definition) is 0. The van der Waals surface area contributed by atoms with Crippen LogP contribution in [0.3, 0.4) is 0 Å². The maximum atomic E-state index is 12.7. The maximum absolute atomic E-state index is 12.7. The Hall–Kier alpha value is -1.65. The van der Waals surface area contributed by atoms with Crippen LogP contribution >= 0.6 is 11.6 Å². The van der Waals surface area contributed by atoms with Crippen LogP contribution in [-0.2, 0) is 13.6 Å². The molecule has 2 aromatic rings. The van der Waals surface area contributed by atoms with Crippen molar-refractivity contribution in [1.82, 2.24) is 14.7 Å². The van der Waals surface area contributed by atoms with Gasteiger partial charge in [0.25, 0.3) is 0 Å². The molecule has 1 aliphatic heterocycles. The van der Waals surface area contributed by atoms with Gasteiger partial charge in [0.05, 0.1) is 6.20 Å². The molecule has 3 rings (SSSR count). The highest BCUT2D eigenvalue weighted by Gasteiger charge is 2.26. The first kappa shape index (κ1) is 15.3. The molecule has 0 amide bonds. The smallest absolute Gasteiger partial charge is 0.167 e. The predicted octanol–water partition coefficient (Wildman–Crippen LogP) is 3.17. The third-order valence-corrected chi connectivity index (χ3v) is 4.39. The Labute approximate surface area is 135 Å². The zero-order valence-corrected chi connectivity index (χ0v) is 13.5. The standard InChI is InChI=1S/C17H20ClN3O/c1-20-10-13(9-19-20)11-21-7-3-5-15(12-21)17(22)14-4-2-6-16(18)8-14/h2,4,6,8-10,15H,3,5,7,11-12H2,1H3/t15-/m1/s1. The molecular weight excluding hydrogens is 298 g/mol. The molecule has 0 unspecified atom stereocenters. The van der Waals surface area contributed by atoms with E-state index in [2.05, 4.69) is 10.00 Å². The number of ketones is 1. The van der Waals surface area contributed by atoms with E-state index in [-0.39, 0.29) is 11.7 Å². The lowest BCUT2D eigenvalue weighted by Crippen LogP contribution is -2.38. The number of halogens is 1. The lowest BCUT2D eigenvalue weighted by atomic mass is 9.90. The van der Waals surface area contributed by atoms with E-state index in [0.29, 0.717) is 5.02 Å². The number of carbonyl (C=O) groups excluding carboxylic acids is 1. The van der Waals surface area contributed by atoms with Gasteiger partial charge in [0.1, 0.15) is 0 Å². The monoisotopic (exact) mass is 317 g/mol. The second kappa shape index (κ2) is 6.63. The number of carbonyl (C=O) groups is 1. The SMILES string of the molecule is Cn1cc(CN2CCC[C@@H](C(=O)c3cccc(Cl)c3)C2)cn1. The van der Waals surface area contributed by atoms with Gasteiger partial charge in [-0.25, -0.2) is 0 Å². The van der Waals surface area contributed by atoms with Crippen LogP contribution in [0.4, 0.5) is 0 Å². The molecule has 1 aromatic heterocycles. The van der Waals surface area contributed by atoms with Gasteiger partial charge in [-0.05, 0) is 31.5 Å². The molecule has 1 saturated heterocycles. The summed E-state index contributed by atoms with van der Waals surface area (Å²) >= 11 is 5.99. The number of piperidine rings is 1. The van der Waals surface area contributed by atoms with Crippen LogP contribution in [0.25, 0.3) is 0 Å². The second-order valence-electron chi connectivity index (χ2n) is 5.97. The maximum Gasteiger partial charge on any atom is 0.167 e. The summed E-state index contributed by atoms with van der Waals surface area (Å²) in [5.74, 6) is 0.266. The first-order valence-electron chi connectivity index (χ1n) is 7.61. The molecule has 22 heavy (non-hydrogen) atoms. The third-order valence-electron chi connectivity index (χ3n) is 4.15. The molecule has 116 valence electrons. The van der Waals surface area contributed by atoms with Crippen LogP contribution in [0.1, 0.15) is 28.8 Å². The van der Waals surface area contributed by atoms with Crippen LogP contribution in [-0.4, -0.2) is 33.6 Å². The van der Waals surface area contributed by atoms with Crippen molar-refractivity contribution in [2.45, 2.75) is 19.4 Å². The van der Waals surface area contributed by atoms with Crippen molar-refractivity contribution in [2.75, 3.05) is 13.1 Å². The Morgan fingerprint density at radius 3 is 3.05 bits per heavy atom. The number of nitrogens with zero attached hydrogens (tertiary/aromatic N) is 3. The van der Waals surface area contributed by atoms with Gasteiger partial charge in [0.15, 0.2) is 5.78 Å². The quantitative estimate of drug-likeness (QED) is 0.813. The summed E-state index contributed by atoms with van der Waals surface area (Å²) in [6.45, 7) is 2.70. The minimum absolute atomic E-state index is 0.0592. The van der Waals surface area contributed by atoms with Crippen molar-refractivity contribution in [3.05, 3.63) is 52.8 Å². The first-order valence-corrected chi connectivity index (χ1v) is 7.99. The van der Waals surface area contributed by atoms with E-state index in [1.54, 1.807) is 12.1 Å². The summed E-state index contributed by atoms with van der Waals surface area (Å²) in [4.78, 5) is 15.0. The molecule has 0 spiro atoms. The van der Waals surface area contributed by atoms with Gasteiger partial charge in [-0.15, -0.1) is 0 Å². The number of Topliss-reactive ketones (excluding diaryl/α,β-unsaturated/α-hetero) is 1. The topological polar surface area (TPSA) is 38.1 Å². The molecule has 1 aromatic carbocycles. The van der Waals surface area contributed by atoms with E-state index >= 15 is 0 Å². The van der Waals surface area contributed by atoms with Crippen molar-refractivity contribution >= 4 is 17.4 Å². The van der Waals surface area contributed by atoms with Crippen LogP contribution in [0, 0.1) is 5.92 Å². The van der Waals surface area contributed by atoms with E-state index in [1.807, 2.05) is 36.3 Å². The average molecular weight is 318 g/mol. The van der Waals surface area contributed by atoms with E-state index < -0.39 is 0 Å². The predicted molar refractivity (Wildman–Crippen MR) is 87.0 cm³/mol. The normalized spacial score (nSPS) is 19.3. The molecule has 1 aliphatic rings. The fourth-order valence-electron chi connectivity index (χ4n) is 3.10. The van der Waals surface area contributed by atoms with Crippen molar-refractivity contribution in [2.24, 2.45) is 13.0 Å². The molecule has 2 heterocycles. The van der Waals surface area contributed by atoms with E-state index in [1.165, 1.54) is 5.56 Å². The fraction of sp³-hybridized carbons (Fsp3) is 0.412. The second-order valence-corrected chi connectivity index (χ2v) is 6.41. The summed E-state index contributed by atoms with van der Waals surface area (Å²) in [5.41, 5.74) is 1.92. The highest BCUT2D eigenvalue weighted by Crippen LogP contribution is 2.23. The Balaban J connectivity index is 1.66. The minimum atomic E-state index is 0.0592. The molecule has 0 saturated carbocycles. The summed E-state index contributed by atoms with van der Waals surface area (Å²) in [6, 6.07) is 7.26. The van der Waals surface area contributed by atoms with Crippen molar-refractivity contribution in [1.29, 1.82) is 0 Å². The van der Waals surface area contributed by atoms with Gasteiger partial charge in [-0.3, -0.25) is 14.4 Å². The van der Waals surface area contributed by atoms with Crippen molar-refractivity contribution < 1.29 is 4.79 Å². The number of aryl methyl sites for hydroxylation is 1. The Kier molecular flexibility index (Phi) is 4.60. The summed E-state index contributed by atoms with van der Waals surface area (Å²) in [5, 5.41) is 4.82. The lowest BCUT2D eigenvalue weighted by Gasteiger charge is -2.31. The van der Waals surface area contributed by atoms with Gasteiger partial charge >= 0.3 is 0 Å². The molecule has 0 N–H and O–H groups in total. The van der Waals surface area contributed by atoms with Crippen LogP contribution in [0.2, 0.25) is 5.02 Å². The first-order chi connectivity index (χ1) is 10.6. The summed E-state index contributed by atoms with van der Waals surface area (Å²) < 4.78 is 1.81. The zero-order valence-electron chi connectivity index (χ0n) is 12.7. The molecule has 0 radical (unpaired) electrons. The molecular formula is C17H20ClN3O. The van der Waals surface area contributed by atoms with Crippen molar-refractivity contribution in [3.63, 3.8) is 0 Å².